The second-order valence-corrected chi connectivity index (χ2v) is 4.58. The standard InChI is InChI=1S/C13H14ClN3O2/c1-8(6-7-15)11(12(16)18)17-13(19)9-4-2-3-5-10(9)14/h2-5,8,11H,6H2,1H3,(H2,16,18)(H,17,19)/t8-,11+/m1/s1. The lowest BCUT2D eigenvalue weighted by Gasteiger charge is -2.20. The van der Waals surface area contributed by atoms with E-state index in [1.165, 1.54) is 0 Å². The van der Waals surface area contributed by atoms with Gasteiger partial charge in [-0.25, -0.2) is 0 Å². The van der Waals surface area contributed by atoms with Gasteiger partial charge in [-0.05, 0) is 18.1 Å². The molecule has 0 heterocycles. The lowest BCUT2D eigenvalue weighted by Crippen LogP contribution is -2.48. The Morgan fingerprint density at radius 1 is 1.47 bits per heavy atom. The van der Waals surface area contributed by atoms with E-state index in [9.17, 15) is 9.59 Å². The first-order valence-electron chi connectivity index (χ1n) is 5.69. The SMILES string of the molecule is C[C@H](CC#N)[C@H](NC(=O)c1ccccc1Cl)C(N)=O. The molecule has 0 aliphatic carbocycles. The van der Waals surface area contributed by atoms with Crippen molar-refractivity contribution in [2.75, 3.05) is 0 Å². The molecule has 0 aromatic heterocycles. The molecule has 19 heavy (non-hydrogen) atoms. The number of nitrogens with zero attached hydrogens (tertiary/aromatic N) is 1. The second kappa shape index (κ2) is 6.76. The predicted octanol–water partition coefficient (Wildman–Crippen LogP) is 1.47. The smallest absolute Gasteiger partial charge is 0.253 e. The van der Waals surface area contributed by atoms with Crippen molar-refractivity contribution in [2.45, 2.75) is 19.4 Å². The van der Waals surface area contributed by atoms with Gasteiger partial charge in [-0.15, -0.1) is 0 Å². The van der Waals surface area contributed by atoms with E-state index < -0.39 is 17.9 Å². The van der Waals surface area contributed by atoms with Crippen LogP contribution in [-0.2, 0) is 4.79 Å². The fourth-order valence-electron chi connectivity index (χ4n) is 1.62. The van der Waals surface area contributed by atoms with E-state index >= 15 is 0 Å². The Hall–Kier alpha value is -2.06. The van der Waals surface area contributed by atoms with Crippen molar-refractivity contribution in [3.05, 3.63) is 34.9 Å². The van der Waals surface area contributed by atoms with E-state index in [1.54, 1.807) is 31.2 Å². The predicted molar refractivity (Wildman–Crippen MR) is 71.3 cm³/mol. The van der Waals surface area contributed by atoms with Crippen LogP contribution in [0, 0.1) is 17.2 Å². The molecule has 100 valence electrons. The Morgan fingerprint density at radius 3 is 2.63 bits per heavy atom. The average molecular weight is 280 g/mol. The number of primary amides is 1. The zero-order chi connectivity index (χ0) is 14.4. The van der Waals surface area contributed by atoms with Gasteiger partial charge in [0.15, 0.2) is 0 Å². The number of carbonyl (C=O) groups excluding carboxylic acids is 2. The molecule has 5 nitrogen and oxygen atoms in total. The van der Waals surface area contributed by atoms with Gasteiger partial charge in [0.2, 0.25) is 5.91 Å². The minimum Gasteiger partial charge on any atom is -0.368 e. The molecule has 2 amide bonds. The van der Waals surface area contributed by atoms with Gasteiger partial charge in [-0.1, -0.05) is 30.7 Å². The van der Waals surface area contributed by atoms with Crippen molar-refractivity contribution in [3.8, 4) is 6.07 Å². The van der Waals surface area contributed by atoms with Gasteiger partial charge < -0.3 is 11.1 Å². The molecule has 1 rings (SSSR count). The van der Waals surface area contributed by atoms with Crippen LogP contribution in [0.2, 0.25) is 5.02 Å². The fourth-order valence-corrected chi connectivity index (χ4v) is 1.84. The summed E-state index contributed by atoms with van der Waals surface area (Å²) in [6.07, 6.45) is 0.121. The molecule has 1 aromatic carbocycles. The second-order valence-electron chi connectivity index (χ2n) is 4.17. The van der Waals surface area contributed by atoms with Crippen molar-refractivity contribution < 1.29 is 9.59 Å². The van der Waals surface area contributed by atoms with Gasteiger partial charge in [0.1, 0.15) is 6.04 Å². The molecule has 1 aromatic rings. The lowest BCUT2D eigenvalue weighted by atomic mass is 9.98. The first kappa shape index (κ1) is 15.0. The number of hydrogen-bond donors (Lipinski definition) is 2. The van der Waals surface area contributed by atoms with Gasteiger partial charge in [0.25, 0.3) is 5.91 Å². The summed E-state index contributed by atoms with van der Waals surface area (Å²) in [5.74, 6) is -1.53. The number of amides is 2. The molecule has 0 saturated heterocycles. The van der Waals surface area contributed by atoms with Crippen LogP contribution in [0.4, 0.5) is 0 Å². The molecule has 3 N–H and O–H groups in total. The topological polar surface area (TPSA) is 96.0 Å². The van der Waals surface area contributed by atoms with E-state index in [2.05, 4.69) is 5.32 Å². The van der Waals surface area contributed by atoms with Crippen LogP contribution in [0.15, 0.2) is 24.3 Å². The molecule has 0 unspecified atom stereocenters. The lowest BCUT2D eigenvalue weighted by molar-refractivity contribution is -0.120. The van der Waals surface area contributed by atoms with E-state index in [0.717, 1.165) is 0 Å². The Kier molecular flexibility index (Phi) is 5.34. The van der Waals surface area contributed by atoms with Crippen LogP contribution in [0.3, 0.4) is 0 Å². The number of hydrogen-bond acceptors (Lipinski definition) is 3. The highest BCUT2D eigenvalue weighted by atomic mass is 35.5. The molecule has 0 bridgehead atoms. The Bertz CT molecular complexity index is 525. The summed E-state index contributed by atoms with van der Waals surface area (Å²) in [6.45, 7) is 1.67. The van der Waals surface area contributed by atoms with Gasteiger partial charge in [0.05, 0.1) is 16.7 Å². The van der Waals surface area contributed by atoms with Crippen LogP contribution in [0.1, 0.15) is 23.7 Å². The fraction of sp³-hybridized carbons (Fsp3) is 0.308. The first-order chi connectivity index (χ1) is 8.97. The molecular formula is C13H14ClN3O2. The number of halogens is 1. The Morgan fingerprint density at radius 2 is 2.11 bits per heavy atom. The third-order valence-electron chi connectivity index (χ3n) is 2.69. The van der Waals surface area contributed by atoms with Gasteiger partial charge in [0, 0.05) is 6.42 Å². The minimum atomic E-state index is -0.900. The molecule has 0 spiro atoms. The van der Waals surface area contributed by atoms with Crippen molar-refractivity contribution in [3.63, 3.8) is 0 Å². The highest BCUT2D eigenvalue weighted by Gasteiger charge is 2.25. The normalized spacial score (nSPS) is 13.1. The molecular weight excluding hydrogens is 266 g/mol. The highest BCUT2D eigenvalue weighted by Crippen LogP contribution is 2.16. The largest absolute Gasteiger partial charge is 0.368 e. The summed E-state index contributed by atoms with van der Waals surface area (Å²) in [5.41, 5.74) is 5.50. The van der Waals surface area contributed by atoms with Crippen LogP contribution in [-0.4, -0.2) is 17.9 Å². The summed E-state index contributed by atoms with van der Waals surface area (Å²) in [5, 5.41) is 11.4. The van der Waals surface area contributed by atoms with E-state index in [0.29, 0.717) is 0 Å². The van der Waals surface area contributed by atoms with Crippen molar-refractivity contribution in [2.24, 2.45) is 11.7 Å². The quantitative estimate of drug-likeness (QED) is 0.854. The summed E-state index contributed by atoms with van der Waals surface area (Å²) < 4.78 is 0. The van der Waals surface area contributed by atoms with Crippen molar-refractivity contribution in [1.29, 1.82) is 5.26 Å². The van der Waals surface area contributed by atoms with Gasteiger partial charge in [-0.3, -0.25) is 9.59 Å². The van der Waals surface area contributed by atoms with Crippen LogP contribution in [0.5, 0.6) is 0 Å². The number of rotatable bonds is 5. The Balaban J connectivity index is 2.87. The molecule has 0 radical (unpaired) electrons. The first-order valence-corrected chi connectivity index (χ1v) is 6.06. The maximum Gasteiger partial charge on any atom is 0.253 e. The number of nitrogens with one attached hydrogen (secondary N) is 1. The third-order valence-corrected chi connectivity index (χ3v) is 3.02. The summed E-state index contributed by atoms with van der Waals surface area (Å²) >= 11 is 5.89. The monoisotopic (exact) mass is 279 g/mol. The molecule has 0 saturated carbocycles. The number of nitriles is 1. The zero-order valence-corrected chi connectivity index (χ0v) is 11.1. The number of benzene rings is 1. The van der Waals surface area contributed by atoms with Crippen LogP contribution >= 0.6 is 11.6 Å². The number of nitrogens with two attached hydrogens (primary N) is 1. The van der Waals surface area contributed by atoms with E-state index in [-0.39, 0.29) is 22.9 Å². The molecule has 0 aliphatic rings. The average Bonchev–Trinajstić information content (AvgIpc) is 2.36. The number of carbonyl (C=O) groups is 2. The summed E-state index contributed by atoms with van der Waals surface area (Å²) in [6, 6.07) is 7.53. The zero-order valence-electron chi connectivity index (χ0n) is 10.4. The van der Waals surface area contributed by atoms with Gasteiger partial charge >= 0.3 is 0 Å². The van der Waals surface area contributed by atoms with Crippen LogP contribution in [0.25, 0.3) is 0 Å². The van der Waals surface area contributed by atoms with E-state index in [1.807, 2.05) is 6.07 Å². The van der Waals surface area contributed by atoms with Crippen molar-refractivity contribution in [1.82, 2.24) is 5.32 Å². The minimum absolute atomic E-state index is 0.121. The summed E-state index contributed by atoms with van der Waals surface area (Å²) in [4.78, 5) is 23.3. The Labute approximate surface area is 116 Å². The van der Waals surface area contributed by atoms with Gasteiger partial charge in [-0.2, -0.15) is 5.26 Å². The molecule has 6 heteroatoms. The highest BCUT2D eigenvalue weighted by molar-refractivity contribution is 6.33. The van der Waals surface area contributed by atoms with E-state index in [4.69, 9.17) is 22.6 Å². The maximum absolute atomic E-state index is 12.0. The van der Waals surface area contributed by atoms with Crippen molar-refractivity contribution >= 4 is 23.4 Å². The molecule has 0 fully saturated rings. The van der Waals surface area contributed by atoms with Crippen LogP contribution < -0.4 is 11.1 Å². The molecule has 0 aliphatic heterocycles. The molecule has 2 atom stereocenters. The third kappa shape index (κ3) is 3.97. The maximum atomic E-state index is 12.0. The summed E-state index contributed by atoms with van der Waals surface area (Å²) in [7, 11) is 0.